The molecular formula is C13H11FN2O2. The number of benzene rings is 1. The van der Waals surface area contributed by atoms with Crippen LogP contribution in [0.25, 0.3) is 0 Å². The summed E-state index contributed by atoms with van der Waals surface area (Å²) < 4.78 is 13.9. The van der Waals surface area contributed by atoms with Crippen LogP contribution in [0, 0.1) is 5.82 Å². The second kappa shape index (κ2) is 4.83. The van der Waals surface area contributed by atoms with Crippen molar-refractivity contribution in [3.05, 3.63) is 64.3 Å². The third-order valence-electron chi connectivity index (χ3n) is 2.49. The number of hydrogen-bond donors (Lipinski definition) is 1. The van der Waals surface area contributed by atoms with Gasteiger partial charge in [-0.1, -0.05) is 0 Å². The van der Waals surface area contributed by atoms with Crippen molar-refractivity contribution in [3.63, 3.8) is 0 Å². The third-order valence-corrected chi connectivity index (χ3v) is 2.49. The lowest BCUT2D eigenvalue weighted by atomic mass is 10.1. The summed E-state index contributed by atoms with van der Waals surface area (Å²) in [6.45, 7) is -0.116. The summed E-state index contributed by atoms with van der Waals surface area (Å²) >= 11 is 0. The number of carbonyl (C=O) groups excluding carboxylic acids is 1. The molecule has 2 rings (SSSR count). The predicted molar refractivity (Wildman–Crippen MR) is 65.8 cm³/mol. The van der Waals surface area contributed by atoms with E-state index in [4.69, 9.17) is 5.73 Å². The maximum Gasteiger partial charge on any atom is 0.251 e. The highest BCUT2D eigenvalue weighted by Gasteiger charge is 2.08. The Morgan fingerprint density at radius 1 is 1.17 bits per heavy atom. The van der Waals surface area contributed by atoms with E-state index in [2.05, 4.69) is 0 Å². The number of nitrogens with two attached hydrogens (primary N) is 1. The molecule has 0 atom stereocenters. The van der Waals surface area contributed by atoms with Gasteiger partial charge < -0.3 is 10.3 Å². The normalized spacial score (nSPS) is 10.3. The van der Waals surface area contributed by atoms with E-state index in [-0.39, 0.29) is 17.9 Å². The monoisotopic (exact) mass is 246 g/mol. The Balaban J connectivity index is 2.24. The number of pyridine rings is 1. The Morgan fingerprint density at radius 3 is 2.50 bits per heavy atom. The van der Waals surface area contributed by atoms with Gasteiger partial charge in [-0.05, 0) is 30.3 Å². The molecule has 0 aliphatic rings. The highest BCUT2D eigenvalue weighted by molar-refractivity contribution is 5.95. The summed E-state index contributed by atoms with van der Waals surface area (Å²) in [5, 5.41) is 0. The topological polar surface area (TPSA) is 65.1 Å². The van der Waals surface area contributed by atoms with E-state index in [1.807, 2.05) is 0 Å². The van der Waals surface area contributed by atoms with Crippen molar-refractivity contribution < 1.29 is 9.18 Å². The van der Waals surface area contributed by atoms with E-state index in [1.54, 1.807) is 0 Å². The van der Waals surface area contributed by atoms with E-state index in [0.29, 0.717) is 11.3 Å². The van der Waals surface area contributed by atoms with Crippen molar-refractivity contribution in [1.29, 1.82) is 0 Å². The van der Waals surface area contributed by atoms with Crippen LogP contribution in [0.5, 0.6) is 0 Å². The van der Waals surface area contributed by atoms with Crippen LogP contribution in [0.3, 0.4) is 0 Å². The SMILES string of the molecule is Nc1ccc(=O)n(CC(=O)c2ccc(F)cc2)c1. The van der Waals surface area contributed by atoms with Crippen molar-refractivity contribution in [2.75, 3.05) is 5.73 Å². The molecule has 1 aromatic carbocycles. The molecule has 0 aliphatic heterocycles. The molecule has 0 amide bonds. The predicted octanol–water partition coefficient (Wildman–Crippen LogP) is 1.45. The number of ketones is 1. The van der Waals surface area contributed by atoms with E-state index in [9.17, 15) is 14.0 Å². The van der Waals surface area contributed by atoms with Gasteiger partial charge in [0.25, 0.3) is 5.56 Å². The van der Waals surface area contributed by atoms with Gasteiger partial charge in [0.15, 0.2) is 5.78 Å². The van der Waals surface area contributed by atoms with Gasteiger partial charge in [0.05, 0.1) is 6.54 Å². The van der Waals surface area contributed by atoms with Gasteiger partial charge in [0, 0.05) is 23.5 Å². The van der Waals surface area contributed by atoms with Gasteiger partial charge in [0.2, 0.25) is 0 Å². The van der Waals surface area contributed by atoms with Crippen molar-refractivity contribution in [2.45, 2.75) is 6.54 Å². The lowest BCUT2D eigenvalue weighted by molar-refractivity contribution is 0.0971. The average molecular weight is 246 g/mol. The summed E-state index contributed by atoms with van der Waals surface area (Å²) in [5.74, 6) is -0.685. The first-order valence-corrected chi connectivity index (χ1v) is 5.31. The second-order valence-electron chi connectivity index (χ2n) is 3.86. The average Bonchev–Trinajstić information content (AvgIpc) is 2.34. The molecule has 0 unspecified atom stereocenters. The Labute approximate surface area is 102 Å². The molecule has 0 fully saturated rings. The highest BCUT2D eigenvalue weighted by atomic mass is 19.1. The molecule has 0 saturated carbocycles. The van der Waals surface area contributed by atoms with Gasteiger partial charge in [-0.25, -0.2) is 4.39 Å². The van der Waals surface area contributed by atoms with Crippen LogP contribution in [0.2, 0.25) is 0 Å². The zero-order chi connectivity index (χ0) is 13.1. The van der Waals surface area contributed by atoms with E-state index in [1.165, 1.54) is 47.2 Å². The van der Waals surface area contributed by atoms with Crippen LogP contribution < -0.4 is 11.3 Å². The number of carbonyl (C=O) groups is 1. The minimum absolute atomic E-state index is 0.116. The van der Waals surface area contributed by atoms with Crippen LogP contribution in [-0.2, 0) is 6.54 Å². The second-order valence-corrected chi connectivity index (χ2v) is 3.86. The Bertz CT molecular complexity index is 632. The number of Topliss-reactive ketones (excluding diaryl/α,β-unsaturated/α-hetero) is 1. The number of nitrogen functional groups attached to an aromatic ring is 1. The summed E-state index contributed by atoms with van der Waals surface area (Å²) in [7, 11) is 0. The molecule has 0 aliphatic carbocycles. The Hall–Kier alpha value is -2.43. The van der Waals surface area contributed by atoms with Crippen molar-refractivity contribution in [3.8, 4) is 0 Å². The van der Waals surface area contributed by atoms with Gasteiger partial charge in [0.1, 0.15) is 5.82 Å². The van der Waals surface area contributed by atoms with Crippen LogP contribution in [0.4, 0.5) is 10.1 Å². The summed E-state index contributed by atoms with van der Waals surface area (Å²) in [6, 6.07) is 7.95. The number of halogens is 1. The molecule has 18 heavy (non-hydrogen) atoms. The van der Waals surface area contributed by atoms with Crippen molar-refractivity contribution in [2.24, 2.45) is 0 Å². The summed E-state index contributed by atoms with van der Waals surface area (Å²) in [5.41, 5.74) is 5.99. The molecule has 92 valence electrons. The number of aromatic nitrogens is 1. The Morgan fingerprint density at radius 2 is 1.83 bits per heavy atom. The molecular weight excluding hydrogens is 235 g/mol. The van der Waals surface area contributed by atoms with Gasteiger partial charge in [-0.15, -0.1) is 0 Å². The molecule has 2 aromatic rings. The zero-order valence-electron chi connectivity index (χ0n) is 9.47. The minimum Gasteiger partial charge on any atom is -0.398 e. The van der Waals surface area contributed by atoms with Gasteiger partial charge in [-0.2, -0.15) is 0 Å². The fraction of sp³-hybridized carbons (Fsp3) is 0.0769. The van der Waals surface area contributed by atoms with Crippen molar-refractivity contribution >= 4 is 11.5 Å². The number of nitrogens with zero attached hydrogens (tertiary/aromatic N) is 1. The first-order chi connectivity index (χ1) is 8.56. The minimum atomic E-state index is -0.410. The molecule has 0 radical (unpaired) electrons. The molecule has 1 heterocycles. The van der Waals surface area contributed by atoms with Crippen LogP contribution in [-0.4, -0.2) is 10.4 Å². The quantitative estimate of drug-likeness (QED) is 0.834. The van der Waals surface area contributed by atoms with E-state index >= 15 is 0 Å². The fourth-order valence-corrected chi connectivity index (χ4v) is 1.56. The lowest BCUT2D eigenvalue weighted by Crippen LogP contribution is -2.23. The zero-order valence-corrected chi connectivity index (χ0v) is 9.47. The fourth-order valence-electron chi connectivity index (χ4n) is 1.56. The molecule has 0 bridgehead atoms. The maximum absolute atomic E-state index is 12.7. The Kier molecular flexibility index (Phi) is 3.23. The molecule has 5 heteroatoms. The van der Waals surface area contributed by atoms with Gasteiger partial charge in [-0.3, -0.25) is 9.59 Å². The standard InChI is InChI=1S/C13H11FN2O2/c14-10-3-1-9(2-4-10)12(17)8-16-7-11(15)5-6-13(16)18/h1-7H,8,15H2. The number of rotatable bonds is 3. The smallest absolute Gasteiger partial charge is 0.251 e. The lowest BCUT2D eigenvalue weighted by Gasteiger charge is -2.05. The van der Waals surface area contributed by atoms with Gasteiger partial charge >= 0.3 is 0 Å². The largest absolute Gasteiger partial charge is 0.398 e. The number of hydrogen-bond acceptors (Lipinski definition) is 3. The van der Waals surface area contributed by atoms with Crippen molar-refractivity contribution in [1.82, 2.24) is 4.57 Å². The van der Waals surface area contributed by atoms with Crippen LogP contribution in [0.15, 0.2) is 47.4 Å². The summed E-state index contributed by atoms with van der Waals surface area (Å²) in [4.78, 5) is 23.4. The third kappa shape index (κ3) is 2.63. The molecule has 0 spiro atoms. The summed E-state index contributed by atoms with van der Waals surface area (Å²) in [6.07, 6.45) is 1.41. The molecule has 2 N–H and O–H groups in total. The van der Waals surface area contributed by atoms with Crippen LogP contribution in [0.1, 0.15) is 10.4 Å². The first-order valence-electron chi connectivity index (χ1n) is 5.31. The molecule has 4 nitrogen and oxygen atoms in total. The van der Waals surface area contributed by atoms with E-state index < -0.39 is 5.82 Å². The highest BCUT2D eigenvalue weighted by Crippen LogP contribution is 2.05. The number of anilines is 1. The molecule has 0 saturated heterocycles. The molecule has 1 aromatic heterocycles. The maximum atomic E-state index is 12.7. The first kappa shape index (κ1) is 12.0. The van der Waals surface area contributed by atoms with E-state index in [0.717, 1.165) is 0 Å². The van der Waals surface area contributed by atoms with Crippen LogP contribution >= 0.6 is 0 Å².